The van der Waals surface area contributed by atoms with E-state index in [1.807, 2.05) is 0 Å². The van der Waals surface area contributed by atoms with Gasteiger partial charge in [-0.1, -0.05) is 15.9 Å². The number of hydrogen-bond acceptors (Lipinski definition) is 5. The molecule has 0 saturated carbocycles. The van der Waals surface area contributed by atoms with Gasteiger partial charge in [0.15, 0.2) is 11.5 Å². The Labute approximate surface area is 179 Å². The number of alkyl halides is 2. The largest absolute Gasteiger partial charge is 0.493 e. The topological polar surface area (TPSA) is 84.9 Å². The summed E-state index contributed by atoms with van der Waals surface area (Å²) in [6.45, 7) is -2.95. The van der Waals surface area contributed by atoms with Gasteiger partial charge in [0.2, 0.25) is 5.91 Å². The van der Waals surface area contributed by atoms with Crippen LogP contribution in [0.25, 0.3) is 0 Å². The SMILES string of the molecule is COc1ccc(NC(=O)CCCN2C(=O)c3ccc(Br)cc3C2=O)cc1OC(F)F. The van der Waals surface area contributed by atoms with Crippen LogP contribution < -0.4 is 14.8 Å². The molecule has 0 unspecified atom stereocenters. The predicted molar refractivity (Wildman–Crippen MR) is 107 cm³/mol. The van der Waals surface area contributed by atoms with Crippen LogP contribution in [-0.2, 0) is 4.79 Å². The number of amides is 3. The number of anilines is 1. The molecule has 0 aromatic heterocycles. The molecule has 0 atom stereocenters. The van der Waals surface area contributed by atoms with Gasteiger partial charge in [-0.25, -0.2) is 0 Å². The van der Waals surface area contributed by atoms with Gasteiger partial charge in [-0.15, -0.1) is 0 Å². The van der Waals surface area contributed by atoms with Crippen molar-refractivity contribution in [3.05, 3.63) is 52.0 Å². The molecule has 0 spiro atoms. The molecule has 2 aromatic rings. The van der Waals surface area contributed by atoms with Crippen LogP contribution in [0.4, 0.5) is 14.5 Å². The van der Waals surface area contributed by atoms with Crippen molar-refractivity contribution < 1.29 is 32.6 Å². The monoisotopic (exact) mass is 482 g/mol. The van der Waals surface area contributed by atoms with Crippen LogP contribution >= 0.6 is 15.9 Å². The molecule has 0 fully saturated rings. The van der Waals surface area contributed by atoms with E-state index in [1.54, 1.807) is 18.2 Å². The quantitative estimate of drug-likeness (QED) is 0.573. The van der Waals surface area contributed by atoms with Crippen molar-refractivity contribution in [3.63, 3.8) is 0 Å². The molecule has 7 nitrogen and oxygen atoms in total. The summed E-state index contributed by atoms with van der Waals surface area (Å²) in [7, 11) is 1.31. The molecule has 10 heteroatoms. The van der Waals surface area contributed by atoms with Gasteiger partial charge in [0, 0.05) is 29.2 Å². The first-order chi connectivity index (χ1) is 14.3. The normalized spacial score (nSPS) is 12.9. The Morgan fingerprint density at radius 3 is 2.53 bits per heavy atom. The molecule has 0 saturated heterocycles. The average Bonchev–Trinajstić information content (AvgIpc) is 2.92. The summed E-state index contributed by atoms with van der Waals surface area (Å²) in [5.41, 5.74) is 0.906. The Kier molecular flexibility index (Phi) is 6.66. The van der Waals surface area contributed by atoms with Crippen molar-refractivity contribution in [2.75, 3.05) is 19.0 Å². The Balaban J connectivity index is 1.56. The van der Waals surface area contributed by atoms with Gasteiger partial charge in [-0.05, 0) is 36.8 Å². The van der Waals surface area contributed by atoms with Crippen LogP contribution in [0.15, 0.2) is 40.9 Å². The fourth-order valence-electron chi connectivity index (χ4n) is 3.03. The van der Waals surface area contributed by atoms with Crippen molar-refractivity contribution in [1.29, 1.82) is 0 Å². The number of ether oxygens (including phenoxy) is 2. The fourth-order valence-corrected chi connectivity index (χ4v) is 3.39. The summed E-state index contributed by atoms with van der Waals surface area (Å²) >= 11 is 3.27. The van der Waals surface area contributed by atoms with E-state index in [9.17, 15) is 23.2 Å². The summed E-state index contributed by atoms with van der Waals surface area (Å²) in [5.74, 6) is -1.30. The van der Waals surface area contributed by atoms with E-state index in [0.29, 0.717) is 15.6 Å². The number of carbonyl (C=O) groups excluding carboxylic acids is 3. The van der Waals surface area contributed by atoms with Gasteiger partial charge in [0.1, 0.15) is 0 Å². The average molecular weight is 483 g/mol. The van der Waals surface area contributed by atoms with Gasteiger partial charge < -0.3 is 14.8 Å². The minimum absolute atomic E-state index is 0.0220. The van der Waals surface area contributed by atoms with Crippen LogP contribution in [0.1, 0.15) is 33.6 Å². The highest BCUT2D eigenvalue weighted by molar-refractivity contribution is 9.10. The number of nitrogens with one attached hydrogen (secondary N) is 1. The Morgan fingerprint density at radius 1 is 1.10 bits per heavy atom. The number of methoxy groups -OCH3 is 1. The number of fused-ring (bicyclic) bond motifs is 1. The summed E-state index contributed by atoms with van der Waals surface area (Å²) in [4.78, 5) is 38.1. The molecule has 2 aromatic carbocycles. The number of halogens is 3. The predicted octanol–water partition coefficient (Wildman–Crippen LogP) is 4.07. The highest BCUT2D eigenvalue weighted by Crippen LogP contribution is 2.31. The van der Waals surface area contributed by atoms with Crippen LogP contribution in [0.3, 0.4) is 0 Å². The highest BCUT2D eigenvalue weighted by Gasteiger charge is 2.35. The lowest BCUT2D eigenvalue weighted by Crippen LogP contribution is -2.31. The molecule has 158 valence electrons. The summed E-state index contributed by atoms with van der Waals surface area (Å²) in [6, 6.07) is 8.95. The molecule has 3 amide bonds. The van der Waals surface area contributed by atoms with Crippen molar-refractivity contribution in [2.24, 2.45) is 0 Å². The second-order valence-electron chi connectivity index (χ2n) is 6.35. The van der Waals surface area contributed by atoms with Crippen molar-refractivity contribution >= 4 is 39.3 Å². The first kappa shape index (κ1) is 21.7. The van der Waals surface area contributed by atoms with Crippen LogP contribution in [0.2, 0.25) is 0 Å². The zero-order valence-electron chi connectivity index (χ0n) is 15.8. The number of benzene rings is 2. The lowest BCUT2D eigenvalue weighted by Gasteiger charge is -2.14. The molecule has 1 aliphatic heterocycles. The van der Waals surface area contributed by atoms with Gasteiger partial charge in [-0.2, -0.15) is 8.78 Å². The summed E-state index contributed by atoms with van der Waals surface area (Å²) < 4.78 is 35.0. The van der Waals surface area contributed by atoms with E-state index in [4.69, 9.17) is 4.74 Å². The number of rotatable bonds is 8. The highest BCUT2D eigenvalue weighted by atomic mass is 79.9. The van der Waals surface area contributed by atoms with Crippen molar-refractivity contribution in [1.82, 2.24) is 4.90 Å². The van der Waals surface area contributed by atoms with Gasteiger partial charge in [0.25, 0.3) is 11.8 Å². The van der Waals surface area contributed by atoms with E-state index in [1.165, 1.54) is 25.3 Å². The van der Waals surface area contributed by atoms with E-state index < -0.39 is 24.3 Å². The minimum Gasteiger partial charge on any atom is -0.493 e. The second-order valence-corrected chi connectivity index (χ2v) is 7.26. The maximum absolute atomic E-state index is 12.5. The Bertz CT molecular complexity index is 999. The van der Waals surface area contributed by atoms with Crippen LogP contribution in [-0.4, -0.2) is 42.9 Å². The van der Waals surface area contributed by atoms with Crippen LogP contribution in [0, 0.1) is 0 Å². The number of imide groups is 1. The van der Waals surface area contributed by atoms with E-state index in [-0.39, 0.29) is 36.6 Å². The molecule has 3 rings (SSSR count). The van der Waals surface area contributed by atoms with Crippen molar-refractivity contribution in [2.45, 2.75) is 19.5 Å². The summed E-state index contributed by atoms with van der Waals surface area (Å²) in [5, 5.41) is 2.57. The van der Waals surface area contributed by atoms with E-state index >= 15 is 0 Å². The molecule has 0 aliphatic carbocycles. The molecule has 30 heavy (non-hydrogen) atoms. The molecule has 0 radical (unpaired) electrons. The number of carbonyl (C=O) groups is 3. The first-order valence-electron chi connectivity index (χ1n) is 8.88. The van der Waals surface area contributed by atoms with Gasteiger partial charge >= 0.3 is 6.61 Å². The Hall–Kier alpha value is -3.01. The molecule has 0 bridgehead atoms. The maximum Gasteiger partial charge on any atom is 0.387 e. The van der Waals surface area contributed by atoms with Gasteiger partial charge in [-0.3, -0.25) is 19.3 Å². The third-order valence-corrected chi connectivity index (χ3v) is 4.87. The minimum atomic E-state index is -3.04. The molecule has 1 aliphatic rings. The summed E-state index contributed by atoms with van der Waals surface area (Å²) in [6.07, 6.45) is 0.267. The number of hydrogen-bond donors (Lipinski definition) is 1. The lowest BCUT2D eigenvalue weighted by molar-refractivity contribution is -0.116. The lowest BCUT2D eigenvalue weighted by atomic mass is 10.1. The van der Waals surface area contributed by atoms with E-state index in [2.05, 4.69) is 26.0 Å². The third-order valence-electron chi connectivity index (χ3n) is 4.38. The fraction of sp³-hybridized carbons (Fsp3) is 0.250. The zero-order chi connectivity index (χ0) is 21.8. The second kappa shape index (κ2) is 9.21. The van der Waals surface area contributed by atoms with Crippen molar-refractivity contribution in [3.8, 4) is 11.5 Å². The molecular weight excluding hydrogens is 466 g/mol. The third kappa shape index (κ3) is 4.76. The van der Waals surface area contributed by atoms with Crippen LogP contribution in [0.5, 0.6) is 11.5 Å². The first-order valence-corrected chi connectivity index (χ1v) is 9.68. The smallest absolute Gasteiger partial charge is 0.387 e. The number of nitrogens with zero attached hydrogens (tertiary/aromatic N) is 1. The van der Waals surface area contributed by atoms with Gasteiger partial charge in [0.05, 0.1) is 18.2 Å². The molecular formula is C20H17BrF2N2O5. The maximum atomic E-state index is 12.5. The zero-order valence-corrected chi connectivity index (χ0v) is 17.4. The molecule has 1 N–H and O–H groups in total. The van der Waals surface area contributed by atoms with E-state index in [0.717, 1.165) is 4.90 Å². The standard InChI is InChI=1S/C20H17BrF2N2O5/c1-29-15-7-5-12(10-16(15)30-20(22)23)24-17(26)3-2-8-25-18(27)13-6-4-11(21)9-14(13)19(25)28/h4-7,9-10,20H,2-3,8H2,1H3,(H,24,26). The Morgan fingerprint density at radius 2 is 1.83 bits per heavy atom. The molecule has 1 heterocycles.